The Hall–Kier alpha value is -0.610. The smallest absolute Gasteiger partial charge is 0.225 e. The molecule has 4 nitrogen and oxygen atoms in total. The van der Waals surface area contributed by atoms with E-state index in [9.17, 15) is 4.79 Å². The van der Waals surface area contributed by atoms with Gasteiger partial charge in [0.1, 0.15) is 0 Å². The highest BCUT2D eigenvalue weighted by molar-refractivity contribution is 5.80. The summed E-state index contributed by atoms with van der Waals surface area (Å²) in [6, 6.07) is 0. The topological polar surface area (TPSA) is 64.4 Å². The van der Waals surface area contributed by atoms with Crippen LogP contribution in [-0.4, -0.2) is 30.7 Å². The molecule has 0 radical (unpaired) electrons. The molecule has 0 saturated heterocycles. The van der Waals surface area contributed by atoms with Crippen molar-refractivity contribution in [3.8, 4) is 0 Å². The maximum absolute atomic E-state index is 12.2. The first kappa shape index (κ1) is 14.8. The molecule has 0 aromatic heterocycles. The minimum Gasteiger partial charge on any atom is -0.376 e. The van der Waals surface area contributed by atoms with Crippen molar-refractivity contribution in [3.05, 3.63) is 0 Å². The molecule has 2 aliphatic carbocycles. The number of hydrogen-bond acceptors (Lipinski definition) is 3. The molecule has 0 bridgehead atoms. The summed E-state index contributed by atoms with van der Waals surface area (Å²) in [4.78, 5) is 12.2. The summed E-state index contributed by atoms with van der Waals surface area (Å²) in [6.45, 7) is 3.25. The lowest BCUT2D eigenvalue weighted by Crippen LogP contribution is -2.53. The van der Waals surface area contributed by atoms with Gasteiger partial charge in [-0.1, -0.05) is 25.7 Å². The van der Waals surface area contributed by atoms with Crippen molar-refractivity contribution in [2.75, 3.05) is 13.2 Å². The molecule has 1 amide bonds. The fourth-order valence-corrected chi connectivity index (χ4v) is 3.37. The molecule has 0 spiro atoms. The van der Waals surface area contributed by atoms with Crippen LogP contribution in [0.5, 0.6) is 0 Å². The van der Waals surface area contributed by atoms with Crippen LogP contribution < -0.4 is 11.1 Å². The monoisotopic (exact) mass is 268 g/mol. The van der Waals surface area contributed by atoms with Crippen LogP contribution in [0.3, 0.4) is 0 Å². The maximum Gasteiger partial charge on any atom is 0.225 e. The predicted octanol–water partition coefficient (Wildman–Crippen LogP) is 1.97. The Morgan fingerprint density at radius 2 is 1.95 bits per heavy atom. The number of hydrogen-bond donors (Lipinski definition) is 2. The van der Waals surface area contributed by atoms with E-state index in [0.29, 0.717) is 19.3 Å². The van der Waals surface area contributed by atoms with E-state index in [0.717, 1.165) is 25.7 Å². The summed E-state index contributed by atoms with van der Waals surface area (Å²) in [6.07, 6.45) is 9.47. The normalized spacial score (nSPS) is 32.4. The van der Waals surface area contributed by atoms with Gasteiger partial charge in [-0.15, -0.1) is 0 Å². The number of rotatable bonds is 5. The van der Waals surface area contributed by atoms with E-state index in [2.05, 4.69) is 5.32 Å². The van der Waals surface area contributed by atoms with Crippen LogP contribution in [0, 0.1) is 5.92 Å². The Kier molecular flexibility index (Phi) is 5.22. The van der Waals surface area contributed by atoms with E-state index in [1.54, 1.807) is 0 Å². The second kappa shape index (κ2) is 6.71. The van der Waals surface area contributed by atoms with E-state index in [1.807, 2.05) is 6.92 Å². The highest BCUT2D eigenvalue weighted by atomic mass is 16.5. The van der Waals surface area contributed by atoms with Crippen molar-refractivity contribution < 1.29 is 9.53 Å². The molecule has 0 aromatic rings. The Bertz CT molecular complexity index is 299. The summed E-state index contributed by atoms with van der Waals surface area (Å²) in [7, 11) is 0. The van der Waals surface area contributed by atoms with Crippen LogP contribution in [0.2, 0.25) is 0 Å². The number of nitrogens with two attached hydrogens (primary N) is 1. The number of nitrogens with one attached hydrogen (secondary N) is 1. The van der Waals surface area contributed by atoms with E-state index in [1.165, 1.54) is 25.7 Å². The zero-order valence-electron chi connectivity index (χ0n) is 12.1. The average molecular weight is 268 g/mol. The van der Waals surface area contributed by atoms with E-state index in [-0.39, 0.29) is 17.4 Å². The van der Waals surface area contributed by atoms with Gasteiger partial charge in [-0.2, -0.15) is 0 Å². The van der Waals surface area contributed by atoms with Crippen LogP contribution in [0.1, 0.15) is 58.3 Å². The lowest BCUT2D eigenvalue weighted by molar-refractivity contribution is -0.128. The molecule has 2 unspecified atom stereocenters. The van der Waals surface area contributed by atoms with Gasteiger partial charge in [0, 0.05) is 12.1 Å². The minimum absolute atomic E-state index is 0.0345. The van der Waals surface area contributed by atoms with Crippen LogP contribution in [0.25, 0.3) is 0 Å². The molecule has 2 fully saturated rings. The van der Waals surface area contributed by atoms with Gasteiger partial charge < -0.3 is 15.8 Å². The Morgan fingerprint density at radius 3 is 2.63 bits per heavy atom. The quantitative estimate of drug-likeness (QED) is 0.749. The van der Waals surface area contributed by atoms with Gasteiger partial charge in [-0.25, -0.2) is 0 Å². The molecule has 19 heavy (non-hydrogen) atoms. The first-order valence-electron chi connectivity index (χ1n) is 7.78. The molecule has 0 aliphatic heterocycles. The third-order valence-electron chi connectivity index (χ3n) is 4.63. The summed E-state index contributed by atoms with van der Waals surface area (Å²) < 4.78 is 5.75. The molecule has 0 heterocycles. The van der Waals surface area contributed by atoms with Gasteiger partial charge in [-0.05, 0) is 32.6 Å². The molecule has 2 saturated carbocycles. The summed E-state index contributed by atoms with van der Waals surface area (Å²) in [5, 5.41) is 2.99. The molecular formula is C15H28N2O2. The number of amides is 1. The molecule has 0 aromatic carbocycles. The summed E-state index contributed by atoms with van der Waals surface area (Å²) in [5.41, 5.74) is 5.90. The highest BCUT2D eigenvalue weighted by Crippen LogP contribution is 2.31. The zero-order valence-corrected chi connectivity index (χ0v) is 12.1. The Morgan fingerprint density at radius 1 is 1.26 bits per heavy atom. The second-order valence-electron chi connectivity index (χ2n) is 6.37. The lowest BCUT2D eigenvalue weighted by Gasteiger charge is -2.37. The lowest BCUT2D eigenvalue weighted by atomic mass is 9.74. The predicted molar refractivity (Wildman–Crippen MR) is 75.8 cm³/mol. The van der Waals surface area contributed by atoms with Gasteiger partial charge in [0.2, 0.25) is 5.91 Å². The van der Waals surface area contributed by atoms with Crippen LogP contribution in [0.4, 0.5) is 0 Å². The fraction of sp³-hybridized carbons (Fsp3) is 0.933. The minimum atomic E-state index is -0.339. The largest absolute Gasteiger partial charge is 0.376 e. The first-order valence-corrected chi connectivity index (χ1v) is 7.78. The molecule has 2 atom stereocenters. The third kappa shape index (κ3) is 4.18. The maximum atomic E-state index is 12.2. The molecule has 4 heteroatoms. The zero-order chi connectivity index (χ0) is 13.7. The molecule has 2 rings (SSSR count). The molecule has 110 valence electrons. The number of ether oxygens (including phenoxy) is 1. The van der Waals surface area contributed by atoms with Gasteiger partial charge in [0.05, 0.1) is 18.6 Å². The van der Waals surface area contributed by atoms with Crippen molar-refractivity contribution in [1.82, 2.24) is 5.32 Å². The standard InChI is InChI=1S/C15H28N2O2/c1-15(16)9-5-4-8-13(15)14(18)17-10-11-19-12-6-2-3-7-12/h12-13H,2-11,16H2,1H3,(H,17,18). The van der Waals surface area contributed by atoms with Crippen molar-refractivity contribution in [3.63, 3.8) is 0 Å². The van der Waals surface area contributed by atoms with E-state index < -0.39 is 0 Å². The van der Waals surface area contributed by atoms with Gasteiger partial charge in [-0.3, -0.25) is 4.79 Å². The highest BCUT2D eigenvalue weighted by Gasteiger charge is 2.37. The van der Waals surface area contributed by atoms with Gasteiger partial charge in [0.15, 0.2) is 0 Å². The summed E-state index contributed by atoms with van der Waals surface area (Å²) in [5.74, 6) is 0.0763. The summed E-state index contributed by atoms with van der Waals surface area (Å²) >= 11 is 0. The number of carbonyl (C=O) groups excluding carboxylic acids is 1. The van der Waals surface area contributed by atoms with Crippen LogP contribution in [0.15, 0.2) is 0 Å². The van der Waals surface area contributed by atoms with Crippen molar-refractivity contribution in [2.45, 2.75) is 69.9 Å². The van der Waals surface area contributed by atoms with Gasteiger partial charge >= 0.3 is 0 Å². The molecule has 3 N–H and O–H groups in total. The average Bonchev–Trinajstić information content (AvgIpc) is 2.87. The SMILES string of the molecule is CC1(N)CCCCC1C(=O)NCCOC1CCCC1. The third-order valence-corrected chi connectivity index (χ3v) is 4.63. The van der Waals surface area contributed by atoms with Crippen LogP contribution >= 0.6 is 0 Å². The van der Waals surface area contributed by atoms with Crippen LogP contribution in [-0.2, 0) is 9.53 Å². The first-order chi connectivity index (χ1) is 9.09. The second-order valence-corrected chi connectivity index (χ2v) is 6.37. The van der Waals surface area contributed by atoms with Crippen molar-refractivity contribution >= 4 is 5.91 Å². The molecule has 2 aliphatic rings. The van der Waals surface area contributed by atoms with Crippen molar-refractivity contribution in [1.29, 1.82) is 0 Å². The Labute approximate surface area is 116 Å². The van der Waals surface area contributed by atoms with E-state index in [4.69, 9.17) is 10.5 Å². The van der Waals surface area contributed by atoms with Crippen molar-refractivity contribution in [2.24, 2.45) is 11.7 Å². The fourth-order valence-electron chi connectivity index (χ4n) is 3.37. The van der Waals surface area contributed by atoms with E-state index >= 15 is 0 Å². The number of carbonyl (C=O) groups is 1. The Balaban J connectivity index is 1.65. The van der Waals surface area contributed by atoms with Gasteiger partial charge in [0.25, 0.3) is 0 Å². The molecular weight excluding hydrogens is 240 g/mol.